The highest BCUT2D eigenvalue weighted by atomic mass is 16.2. The minimum atomic E-state index is -0.368. The number of amides is 3. The van der Waals surface area contributed by atoms with Crippen LogP contribution in [0.5, 0.6) is 0 Å². The molecule has 1 N–H and O–H groups in total. The number of rotatable bonds is 2. The fraction of sp³-hybridized carbons (Fsp3) is 0.800. The number of carbonyl (C=O) groups is 2. The maximum absolute atomic E-state index is 12.6. The maximum atomic E-state index is 12.6. The van der Waals surface area contributed by atoms with Crippen LogP contribution in [0, 0.1) is 5.41 Å². The highest BCUT2D eigenvalue weighted by Gasteiger charge is 2.47. The van der Waals surface area contributed by atoms with Crippen molar-refractivity contribution < 1.29 is 9.59 Å². The Morgan fingerprint density at radius 3 is 1.70 bits per heavy atom. The van der Waals surface area contributed by atoms with E-state index < -0.39 is 0 Å². The molecule has 5 nitrogen and oxygen atoms in total. The Hall–Kier alpha value is -1.39. The van der Waals surface area contributed by atoms with Crippen molar-refractivity contribution in [3.63, 3.8) is 0 Å². The maximum Gasteiger partial charge on any atom is 0.333 e. The number of amidine groups is 1. The van der Waals surface area contributed by atoms with Gasteiger partial charge in [0.15, 0.2) is 5.84 Å². The average Bonchev–Trinajstić information content (AvgIpc) is 2.71. The lowest BCUT2D eigenvalue weighted by Gasteiger charge is -2.32. The van der Waals surface area contributed by atoms with Gasteiger partial charge in [0.05, 0.1) is 0 Å². The van der Waals surface area contributed by atoms with Crippen LogP contribution in [-0.4, -0.2) is 39.7 Å². The van der Waals surface area contributed by atoms with Gasteiger partial charge in [0.25, 0.3) is 5.91 Å². The quantitative estimate of drug-likeness (QED) is 0.789. The summed E-state index contributed by atoms with van der Waals surface area (Å²) in [5.74, 6) is -0.458. The molecule has 0 atom stereocenters. The van der Waals surface area contributed by atoms with Crippen molar-refractivity contribution in [1.82, 2.24) is 9.80 Å². The molecule has 0 aromatic carbocycles. The fourth-order valence-corrected chi connectivity index (χ4v) is 3.85. The number of nitrogens with zero attached hydrogens (tertiary/aromatic N) is 2. The largest absolute Gasteiger partial charge is 0.333 e. The summed E-state index contributed by atoms with van der Waals surface area (Å²) in [7, 11) is 0. The predicted octanol–water partition coefficient (Wildman–Crippen LogP) is 2.89. The molecule has 5 heteroatoms. The molecular weight excluding hydrogens is 254 g/mol. The Morgan fingerprint density at radius 2 is 1.20 bits per heavy atom. The number of nitrogens with one attached hydrogen (secondary N) is 1. The van der Waals surface area contributed by atoms with E-state index in [1.165, 1.54) is 22.6 Å². The Labute approximate surface area is 119 Å². The van der Waals surface area contributed by atoms with Gasteiger partial charge in [-0.2, -0.15) is 0 Å². The SMILES string of the molecule is N=C1C(=O)N(C2CCCCC2)C(=O)N1C1CCCCC1. The van der Waals surface area contributed by atoms with Crippen molar-refractivity contribution in [3.05, 3.63) is 0 Å². The zero-order valence-electron chi connectivity index (χ0n) is 11.9. The first-order chi connectivity index (χ1) is 9.70. The van der Waals surface area contributed by atoms with Gasteiger partial charge in [-0.25, -0.2) is 4.79 Å². The first-order valence-corrected chi connectivity index (χ1v) is 7.95. The lowest BCUT2D eigenvalue weighted by Crippen LogP contribution is -2.45. The highest BCUT2D eigenvalue weighted by Crippen LogP contribution is 2.31. The number of hydrogen-bond donors (Lipinski definition) is 1. The zero-order chi connectivity index (χ0) is 14.1. The van der Waals surface area contributed by atoms with Crippen LogP contribution in [0.2, 0.25) is 0 Å². The van der Waals surface area contributed by atoms with Crippen LogP contribution in [0.15, 0.2) is 0 Å². The van der Waals surface area contributed by atoms with E-state index in [1.807, 2.05) is 0 Å². The first kappa shape index (κ1) is 13.6. The number of imide groups is 1. The van der Waals surface area contributed by atoms with Crippen molar-refractivity contribution in [2.45, 2.75) is 76.3 Å². The van der Waals surface area contributed by atoms with Crippen LogP contribution in [-0.2, 0) is 4.79 Å². The van der Waals surface area contributed by atoms with E-state index >= 15 is 0 Å². The van der Waals surface area contributed by atoms with Gasteiger partial charge >= 0.3 is 6.03 Å². The van der Waals surface area contributed by atoms with E-state index in [2.05, 4.69) is 0 Å². The van der Waals surface area contributed by atoms with Crippen molar-refractivity contribution in [2.24, 2.45) is 0 Å². The fourth-order valence-electron chi connectivity index (χ4n) is 3.85. The molecule has 2 aliphatic carbocycles. The molecule has 0 aromatic rings. The molecule has 3 amide bonds. The second kappa shape index (κ2) is 5.54. The van der Waals surface area contributed by atoms with Crippen LogP contribution in [0.25, 0.3) is 0 Å². The van der Waals surface area contributed by atoms with E-state index in [0.29, 0.717) is 0 Å². The second-order valence-corrected chi connectivity index (χ2v) is 6.26. The van der Waals surface area contributed by atoms with Crippen molar-refractivity contribution in [2.75, 3.05) is 0 Å². The van der Waals surface area contributed by atoms with Gasteiger partial charge in [0, 0.05) is 12.1 Å². The molecule has 0 radical (unpaired) electrons. The van der Waals surface area contributed by atoms with E-state index in [9.17, 15) is 9.59 Å². The summed E-state index contributed by atoms with van der Waals surface area (Å²) in [6, 6.07) is -0.127. The summed E-state index contributed by atoms with van der Waals surface area (Å²) in [6.45, 7) is 0. The van der Waals surface area contributed by atoms with Gasteiger partial charge in [-0.3, -0.25) is 20.0 Å². The smallest absolute Gasteiger partial charge is 0.279 e. The van der Waals surface area contributed by atoms with Gasteiger partial charge in [-0.05, 0) is 25.7 Å². The number of urea groups is 1. The molecule has 20 heavy (non-hydrogen) atoms. The third-order valence-electron chi connectivity index (χ3n) is 4.95. The Kier molecular flexibility index (Phi) is 3.76. The standard InChI is InChI=1S/C15H23N3O2/c16-13-14(19)18(12-9-5-2-6-10-12)15(20)17(13)11-7-3-1-4-8-11/h11-12,16H,1-10H2. The van der Waals surface area contributed by atoms with Gasteiger partial charge in [0.1, 0.15) is 0 Å². The Balaban J connectivity index is 1.78. The lowest BCUT2D eigenvalue weighted by molar-refractivity contribution is -0.122. The van der Waals surface area contributed by atoms with Crippen molar-refractivity contribution >= 4 is 17.8 Å². The van der Waals surface area contributed by atoms with Crippen molar-refractivity contribution in [1.29, 1.82) is 5.41 Å². The Morgan fingerprint density at radius 1 is 0.750 bits per heavy atom. The normalized spacial score (nSPS) is 26.7. The van der Waals surface area contributed by atoms with Crippen molar-refractivity contribution in [3.8, 4) is 0 Å². The molecule has 3 rings (SSSR count). The van der Waals surface area contributed by atoms with Crippen LogP contribution in [0.3, 0.4) is 0 Å². The lowest BCUT2D eigenvalue weighted by atomic mass is 9.94. The molecule has 1 aliphatic heterocycles. The molecule has 0 unspecified atom stereocenters. The summed E-state index contributed by atoms with van der Waals surface area (Å²) in [6.07, 6.45) is 10.4. The molecule has 1 saturated heterocycles. The van der Waals surface area contributed by atoms with E-state index in [-0.39, 0.29) is 29.9 Å². The van der Waals surface area contributed by atoms with Gasteiger partial charge in [0.2, 0.25) is 0 Å². The molecule has 1 heterocycles. The molecule has 0 aromatic heterocycles. The monoisotopic (exact) mass is 277 g/mol. The first-order valence-electron chi connectivity index (χ1n) is 7.95. The third kappa shape index (κ3) is 2.23. The highest BCUT2D eigenvalue weighted by molar-refractivity contribution is 6.46. The molecular formula is C15H23N3O2. The van der Waals surface area contributed by atoms with Crippen LogP contribution >= 0.6 is 0 Å². The topological polar surface area (TPSA) is 64.5 Å². The third-order valence-corrected chi connectivity index (χ3v) is 4.95. The van der Waals surface area contributed by atoms with E-state index in [4.69, 9.17) is 5.41 Å². The summed E-state index contributed by atoms with van der Waals surface area (Å²) in [4.78, 5) is 27.8. The summed E-state index contributed by atoms with van der Waals surface area (Å²) < 4.78 is 0. The molecule has 0 bridgehead atoms. The molecule has 0 spiro atoms. The minimum absolute atomic E-state index is 0.0256. The van der Waals surface area contributed by atoms with Gasteiger partial charge in [-0.1, -0.05) is 38.5 Å². The van der Waals surface area contributed by atoms with Gasteiger partial charge < -0.3 is 0 Å². The number of carbonyl (C=O) groups excluding carboxylic acids is 2. The average molecular weight is 277 g/mol. The summed E-state index contributed by atoms with van der Waals surface area (Å²) >= 11 is 0. The molecule has 110 valence electrons. The Bertz CT molecular complexity index is 385. The predicted molar refractivity (Wildman–Crippen MR) is 75.6 cm³/mol. The molecule has 2 saturated carbocycles. The van der Waals surface area contributed by atoms with E-state index in [0.717, 1.165) is 51.4 Å². The summed E-state index contributed by atoms with van der Waals surface area (Å²) in [5.41, 5.74) is 0. The van der Waals surface area contributed by atoms with Gasteiger partial charge in [-0.15, -0.1) is 0 Å². The van der Waals surface area contributed by atoms with Crippen LogP contribution in [0.4, 0.5) is 4.79 Å². The molecule has 3 fully saturated rings. The second-order valence-electron chi connectivity index (χ2n) is 6.26. The number of hydrogen-bond acceptors (Lipinski definition) is 3. The van der Waals surface area contributed by atoms with Crippen LogP contribution < -0.4 is 0 Å². The van der Waals surface area contributed by atoms with E-state index in [1.54, 1.807) is 0 Å². The zero-order valence-corrected chi connectivity index (χ0v) is 11.9. The minimum Gasteiger partial charge on any atom is -0.279 e. The molecule has 3 aliphatic rings. The van der Waals surface area contributed by atoms with Crippen LogP contribution in [0.1, 0.15) is 64.2 Å². The summed E-state index contributed by atoms with van der Waals surface area (Å²) in [5, 5.41) is 8.04.